The van der Waals surface area contributed by atoms with Crippen molar-refractivity contribution in [1.82, 2.24) is 10.2 Å². The molecule has 124 valence electrons. The fourth-order valence-corrected chi connectivity index (χ4v) is 4.07. The van der Waals surface area contributed by atoms with E-state index >= 15 is 0 Å². The van der Waals surface area contributed by atoms with Crippen molar-refractivity contribution in [3.63, 3.8) is 0 Å². The minimum absolute atomic E-state index is 0.188. The van der Waals surface area contributed by atoms with E-state index < -0.39 is 0 Å². The molecule has 3 heteroatoms. The average Bonchev–Trinajstić information content (AvgIpc) is 2.68. The molecule has 2 aliphatic heterocycles. The molecule has 0 aromatic heterocycles. The van der Waals surface area contributed by atoms with Crippen molar-refractivity contribution < 1.29 is 4.79 Å². The van der Waals surface area contributed by atoms with Gasteiger partial charge >= 0.3 is 0 Å². The molecule has 0 aliphatic carbocycles. The summed E-state index contributed by atoms with van der Waals surface area (Å²) in [5, 5.41) is 3.35. The van der Waals surface area contributed by atoms with E-state index in [1.807, 2.05) is 0 Å². The first-order chi connectivity index (χ1) is 11.8. The maximum absolute atomic E-state index is 13.0. The van der Waals surface area contributed by atoms with Gasteiger partial charge in [0, 0.05) is 24.9 Å². The van der Waals surface area contributed by atoms with Crippen molar-refractivity contribution in [2.24, 2.45) is 5.92 Å². The zero-order valence-electron chi connectivity index (χ0n) is 13.9. The lowest BCUT2D eigenvalue weighted by atomic mass is 9.84. The summed E-state index contributed by atoms with van der Waals surface area (Å²) in [5.41, 5.74) is 3.96. The van der Waals surface area contributed by atoms with Crippen molar-refractivity contribution in [1.29, 1.82) is 0 Å². The van der Waals surface area contributed by atoms with Gasteiger partial charge in [0.05, 0.1) is 0 Å². The van der Waals surface area contributed by atoms with Gasteiger partial charge in [0.15, 0.2) is 0 Å². The van der Waals surface area contributed by atoms with E-state index in [4.69, 9.17) is 0 Å². The van der Waals surface area contributed by atoms with Crippen LogP contribution < -0.4 is 5.32 Å². The molecule has 0 radical (unpaired) electrons. The van der Waals surface area contributed by atoms with E-state index in [9.17, 15) is 4.79 Å². The maximum Gasteiger partial charge on any atom is 0.226 e. The summed E-state index contributed by atoms with van der Waals surface area (Å²) in [7, 11) is 0. The Morgan fingerprint density at radius 3 is 2.46 bits per heavy atom. The number of hydrogen-bond donors (Lipinski definition) is 1. The number of amides is 1. The first kappa shape index (κ1) is 15.4. The van der Waals surface area contributed by atoms with Gasteiger partial charge in [0.2, 0.25) is 5.91 Å². The van der Waals surface area contributed by atoms with E-state index in [-0.39, 0.29) is 11.8 Å². The van der Waals surface area contributed by atoms with Gasteiger partial charge in [-0.2, -0.15) is 0 Å². The molecular weight excluding hydrogens is 296 g/mol. The van der Waals surface area contributed by atoms with Gasteiger partial charge in [-0.25, -0.2) is 0 Å². The molecule has 0 bridgehead atoms. The van der Waals surface area contributed by atoms with Crippen LogP contribution >= 0.6 is 0 Å². The fraction of sp³-hybridized carbons (Fsp3) is 0.381. The zero-order chi connectivity index (χ0) is 16.4. The van der Waals surface area contributed by atoms with Crippen molar-refractivity contribution in [2.75, 3.05) is 19.6 Å². The van der Waals surface area contributed by atoms with Crippen LogP contribution in [0, 0.1) is 5.92 Å². The van der Waals surface area contributed by atoms with Crippen LogP contribution in [0.2, 0.25) is 0 Å². The molecule has 4 rings (SSSR count). The predicted molar refractivity (Wildman–Crippen MR) is 95.7 cm³/mol. The summed E-state index contributed by atoms with van der Waals surface area (Å²) < 4.78 is 0. The second kappa shape index (κ2) is 6.78. The van der Waals surface area contributed by atoms with Crippen LogP contribution in [-0.2, 0) is 11.3 Å². The Bertz CT molecular complexity index is 707. The Labute approximate surface area is 143 Å². The lowest BCUT2D eigenvalue weighted by Gasteiger charge is -2.37. The second-order valence-electron chi connectivity index (χ2n) is 6.91. The molecule has 2 aromatic rings. The molecule has 0 saturated carbocycles. The van der Waals surface area contributed by atoms with Gasteiger partial charge in [-0.1, -0.05) is 54.6 Å². The molecule has 1 unspecified atom stereocenters. The Kier molecular flexibility index (Phi) is 4.35. The molecule has 1 amide bonds. The Morgan fingerprint density at radius 1 is 0.958 bits per heavy atom. The third-order valence-electron chi connectivity index (χ3n) is 5.40. The van der Waals surface area contributed by atoms with E-state index in [0.29, 0.717) is 5.91 Å². The smallest absolute Gasteiger partial charge is 0.226 e. The average molecular weight is 320 g/mol. The number of rotatable bonds is 2. The number of hydrogen-bond acceptors (Lipinski definition) is 2. The number of fused-ring (bicyclic) bond motifs is 1. The van der Waals surface area contributed by atoms with Crippen molar-refractivity contribution in [3.8, 4) is 0 Å². The molecule has 1 saturated heterocycles. The zero-order valence-corrected chi connectivity index (χ0v) is 13.9. The van der Waals surface area contributed by atoms with E-state index in [1.54, 1.807) is 0 Å². The Hall–Kier alpha value is -2.13. The third-order valence-corrected chi connectivity index (χ3v) is 5.40. The van der Waals surface area contributed by atoms with Gasteiger partial charge in [-0.15, -0.1) is 0 Å². The number of carbonyl (C=O) groups is 1. The minimum Gasteiger partial charge on any atom is -0.337 e. The highest BCUT2D eigenvalue weighted by atomic mass is 16.2. The number of nitrogens with one attached hydrogen (secondary N) is 1. The number of benzene rings is 2. The minimum atomic E-state index is 0.188. The first-order valence-electron chi connectivity index (χ1n) is 8.95. The van der Waals surface area contributed by atoms with Crippen LogP contribution in [0.15, 0.2) is 54.6 Å². The standard InChI is InChI=1S/C21H24N2O/c24-21(17-10-12-22-13-11-17)23-14-18-8-4-5-9-19(18)20(15-23)16-6-2-1-3-7-16/h1-9,17,20,22H,10-15H2. The quantitative estimate of drug-likeness (QED) is 0.922. The van der Waals surface area contributed by atoms with Gasteiger partial charge in [0.25, 0.3) is 0 Å². The number of piperidine rings is 1. The molecule has 1 atom stereocenters. The van der Waals surface area contributed by atoms with Crippen LogP contribution in [0.3, 0.4) is 0 Å². The summed E-state index contributed by atoms with van der Waals surface area (Å²) in [5.74, 6) is 0.807. The highest BCUT2D eigenvalue weighted by Crippen LogP contribution is 2.34. The third kappa shape index (κ3) is 2.96. The fourth-order valence-electron chi connectivity index (χ4n) is 4.07. The molecule has 2 aliphatic rings. The largest absolute Gasteiger partial charge is 0.337 e. The van der Waals surface area contributed by atoms with Crippen LogP contribution in [0.25, 0.3) is 0 Å². The predicted octanol–water partition coefficient (Wildman–Crippen LogP) is 3.16. The summed E-state index contributed by atoms with van der Waals surface area (Å²) in [6.07, 6.45) is 1.93. The van der Waals surface area contributed by atoms with Crippen LogP contribution in [0.5, 0.6) is 0 Å². The molecule has 3 nitrogen and oxygen atoms in total. The second-order valence-corrected chi connectivity index (χ2v) is 6.91. The number of carbonyl (C=O) groups excluding carboxylic acids is 1. The van der Waals surface area contributed by atoms with Crippen LogP contribution in [0.1, 0.15) is 35.4 Å². The molecule has 24 heavy (non-hydrogen) atoms. The monoisotopic (exact) mass is 320 g/mol. The summed E-state index contributed by atoms with van der Waals surface area (Å²) >= 11 is 0. The molecule has 2 aromatic carbocycles. The molecule has 1 fully saturated rings. The Morgan fingerprint density at radius 2 is 1.67 bits per heavy atom. The maximum atomic E-state index is 13.0. The summed E-state index contributed by atoms with van der Waals surface area (Å²) in [4.78, 5) is 15.1. The number of nitrogens with zero attached hydrogens (tertiary/aromatic N) is 1. The normalized spacial score (nSPS) is 21.3. The first-order valence-corrected chi connectivity index (χ1v) is 8.95. The topological polar surface area (TPSA) is 32.3 Å². The van der Waals surface area contributed by atoms with Crippen molar-refractivity contribution >= 4 is 5.91 Å². The molecular formula is C21H24N2O. The van der Waals surface area contributed by atoms with Crippen LogP contribution in [0.4, 0.5) is 0 Å². The van der Waals surface area contributed by atoms with Gasteiger partial charge in [0.1, 0.15) is 0 Å². The van der Waals surface area contributed by atoms with Crippen molar-refractivity contribution in [3.05, 3.63) is 71.3 Å². The van der Waals surface area contributed by atoms with E-state index in [1.165, 1.54) is 16.7 Å². The van der Waals surface area contributed by atoms with Gasteiger partial charge < -0.3 is 10.2 Å². The van der Waals surface area contributed by atoms with Gasteiger partial charge in [-0.3, -0.25) is 4.79 Å². The van der Waals surface area contributed by atoms with E-state index in [2.05, 4.69) is 64.8 Å². The Balaban J connectivity index is 1.64. The summed E-state index contributed by atoms with van der Waals surface area (Å²) in [6.45, 7) is 3.47. The lowest BCUT2D eigenvalue weighted by Crippen LogP contribution is -2.44. The van der Waals surface area contributed by atoms with Gasteiger partial charge in [-0.05, 0) is 42.6 Å². The molecule has 1 N–H and O–H groups in total. The molecule has 0 spiro atoms. The van der Waals surface area contributed by atoms with Crippen LogP contribution in [-0.4, -0.2) is 30.4 Å². The molecule has 2 heterocycles. The lowest BCUT2D eigenvalue weighted by molar-refractivity contribution is -0.137. The van der Waals surface area contributed by atoms with E-state index in [0.717, 1.165) is 39.0 Å². The highest BCUT2D eigenvalue weighted by molar-refractivity contribution is 5.79. The highest BCUT2D eigenvalue weighted by Gasteiger charge is 2.32. The SMILES string of the molecule is O=C(C1CCNCC1)N1Cc2ccccc2C(c2ccccc2)C1. The van der Waals surface area contributed by atoms with Crippen molar-refractivity contribution in [2.45, 2.75) is 25.3 Å². The summed E-state index contributed by atoms with van der Waals surface area (Å²) in [6, 6.07) is 19.2.